The number of hydrogen-bond acceptors (Lipinski definition) is 3. The van der Waals surface area contributed by atoms with Crippen LogP contribution in [-0.4, -0.2) is 37.0 Å². The second kappa shape index (κ2) is 9.90. The molecule has 0 saturated heterocycles. The Balaban J connectivity index is 3.70. The molecule has 1 N–H and O–H groups in total. The van der Waals surface area contributed by atoms with Gasteiger partial charge in [0.15, 0.2) is 0 Å². The highest BCUT2D eigenvalue weighted by molar-refractivity contribution is 5.78. The molecule has 4 heteroatoms. The Morgan fingerprint density at radius 1 is 1.33 bits per heavy atom. The molecule has 0 rings (SSSR count). The van der Waals surface area contributed by atoms with E-state index >= 15 is 0 Å². The summed E-state index contributed by atoms with van der Waals surface area (Å²) in [7, 11) is 1.86. The van der Waals surface area contributed by atoms with Crippen molar-refractivity contribution in [2.24, 2.45) is 5.92 Å². The first-order valence-corrected chi connectivity index (χ1v) is 6.80. The third kappa shape index (κ3) is 10.1. The van der Waals surface area contributed by atoms with Gasteiger partial charge in [-0.3, -0.25) is 9.69 Å². The molecule has 104 valence electrons. The molecule has 0 radical (unpaired) electrons. The average Bonchev–Trinajstić information content (AvgIpc) is 2.25. The first-order chi connectivity index (χ1) is 8.45. The van der Waals surface area contributed by atoms with Crippen molar-refractivity contribution in [2.45, 2.75) is 52.5 Å². The Kier molecular flexibility index (Phi) is 9.31. The molecule has 0 aliphatic heterocycles. The molecule has 0 aliphatic carbocycles. The highest BCUT2D eigenvalue weighted by Gasteiger charge is 2.09. The highest BCUT2D eigenvalue weighted by atomic mass is 16.2. The fourth-order valence-electron chi connectivity index (χ4n) is 1.79. The minimum absolute atomic E-state index is 0.0486. The molecule has 0 bridgehead atoms. The number of nitrogens with zero attached hydrogens (tertiary/aromatic N) is 2. The maximum atomic E-state index is 11.7. The zero-order chi connectivity index (χ0) is 14.0. The number of nitriles is 1. The zero-order valence-corrected chi connectivity index (χ0v) is 12.2. The van der Waals surface area contributed by atoms with Crippen LogP contribution in [0.4, 0.5) is 0 Å². The fraction of sp³-hybridized carbons (Fsp3) is 0.857. The van der Waals surface area contributed by atoms with Crippen LogP contribution in [0, 0.1) is 17.2 Å². The van der Waals surface area contributed by atoms with Gasteiger partial charge in [-0.15, -0.1) is 0 Å². The number of amides is 1. The van der Waals surface area contributed by atoms with E-state index in [4.69, 9.17) is 5.26 Å². The van der Waals surface area contributed by atoms with Crippen LogP contribution in [0.3, 0.4) is 0 Å². The molecule has 0 fully saturated rings. The van der Waals surface area contributed by atoms with Crippen LogP contribution < -0.4 is 5.32 Å². The average molecular weight is 253 g/mol. The van der Waals surface area contributed by atoms with Gasteiger partial charge in [0.25, 0.3) is 0 Å². The molecule has 0 heterocycles. The van der Waals surface area contributed by atoms with Gasteiger partial charge in [0.1, 0.15) is 0 Å². The lowest BCUT2D eigenvalue weighted by Crippen LogP contribution is -2.40. The van der Waals surface area contributed by atoms with Gasteiger partial charge in [-0.05, 0) is 26.3 Å². The number of nitrogens with one attached hydrogen (secondary N) is 1. The number of rotatable bonds is 9. The minimum atomic E-state index is 0.0486. The van der Waals surface area contributed by atoms with Crippen molar-refractivity contribution in [1.82, 2.24) is 10.2 Å². The van der Waals surface area contributed by atoms with Gasteiger partial charge < -0.3 is 5.32 Å². The summed E-state index contributed by atoms with van der Waals surface area (Å²) in [6.07, 6.45) is 3.87. The van der Waals surface area contributed by atoms with Gasteiger partial charge >= 0.3 is 0 Å². The number of carbonyl (C=O) groups is 1. The third-order valence-corrected chi connectivity index (χ3v) is 2.84. The van der Waals surface area contributed by atoms with Crippen LogP contribution in [0.15, 0.2) is 0 Å². The molecular weight excluding hydrogens is 226 g/mol. The maximum absolute atomic E-state index is 11.7. The first kappa shape index (κ1) is 16.9. The van der Waals surface area contributed by atoms with E-state index in [1.165, 1.54) is 6.42 Å². The summed E-state index contributed by atoms with van der Waals surface area (Å²) in [5.74, 6) is 0.775. The molecule has 0 aliphatic rings. The lowest BCUT2D eigenvalue weighted by molar-refractivity contribution is -0.122. The standard InChI is InChI=1S/C14H27N3O/c1-12(2)7-5-8-13(3)16-14(18)11-17(4)10-6-9-15/h12-13H,5-8,10-11H2,1-4H3,(H,16,18). The van der Waals surface area contributed by atoms with E-state index in [9.17, 15) is 4.79 Å². The number of likely N-dealkylation sites (N-methyl/N-ethyl adjacent to an activating group) is 1. The first-order valence-electron chi connectivity index (χ1n) is 6.80. The highest BCUT2D eigenvalue weighted by Crippen LogP contribution is 2.08. The van der Waals surface area contributed by atoms with E-state index in [0.29, 0.717) is 19.5 Å². The lowest BCUT2D eigenvalue weighted by Gasteiger charge is -2.18. The van der Waals surface area contributed by atoms with Gasteiger partial charge in [0.05, 0.1) is 12.6 Å². The summed E-state index contributed by atoms with van der Waals surface area (Å²) in [5.41, 5.74) is 0. The van der Waals surface area contributed by atoms with Gasteiger partial charge in [-0.1, -0.05) is 26.7 Å². The Morgan fingerprint density at radius 3 is 2.56 bits per heavy atom. The molecule has 0 aromatic heterocycles. The van der Waals surface area contributed by atoms with Crippen LogP contribution in [0.2, 0.25) is 0 Å². The summed E-state index contributed by atoms with van der Waals surface area (Å²) >= 11 is 0. The van der Waals surface area contributed by atoms with Gasteiger partial charge in [-0.2, -0.15) is 5.26 Å². The van der Waals surface area contributed by atoms with E-state index in [0.717, 1.165) is 18.8 Å². The predicted octanol–water partition coefficient (Wildman–Crippen LogP) is 2.16. The summed E-state index contributed by atoms with van der Waals surface area (Å²) in [5, 5.41) is 11.5. The third-order valence-electron chi connectivity index (χ3n) is 2.84. The molecule has 1 amide bonds. The van der Waals surface area contributed by atoms with E-state index in [1.807, 2.05) is 18.9 Å². The molecule has 0 aromatic rings. The van der Waals surface area contributed by atoms with Gasteiger partial charge in [-0.25, -0.2) is 0 Å². The van der Waals surface area contributed by atoms with E-state index < -0.39 is 0 Å². The Morgan fingerprint density at radius 2 is 2.00 bits per heavy atom. The minimum Gasteiger partial charge on any atom is -0.353 e. The largest absolute Gasteiger partial charge is 0.353 e. The van der Waals surface area contributed by atoms with Crippen molar-refractivity contribution in [1.29, 1.82) is 5.26 Å². The Hall–Kier alpha value is -1.08. The van der Waals surface area contributed by atoms with E-state index in [1.54, 1.807) is 0 Å². The molecule has 18 heavy (non-hydrogen) atoms. The molecule has 0 aromatic carbocycles. The van der Waals surface area contributed by atoms with Crippen molar-refractivity contribution >= 4 is 5.91 Å². The lowest BCUT2D eigenvalue weighted by atomic mass is 10.0. The monoisotopic (exact) mass is 253 g/mol. The second-order valence-electron chi connectivity index (χ2n) is 5.44. The smallest absolute Gasteiger partial charge is 0.234 e. The van der Waals surface area contributed by atoms with Crippen molar-refractivity contribution in [3.63, 3.8) is 0 Å². The van der Waals surface area contributed by atoms with Crippen LogP contribution in [-0.2, 0) is 4.79 Å². The number of carbonyl (C=O) groups excluding carboxylic acids is 1. The van der Waals surface area contributed by atoms with Crippen LogP contribution in [0.25, 0.3) is 0 Å². The Bertz CT molecular complexity index is 271. The predicted molar refractivity (Wildman–Crippen MR) is 74.0 cm³/mol. The zero-order valence-electron chi connectivity index (χ0n) is 12.2. The molecular formula is C14H27N3O. The Labute approximate surface area is 111 Å². The SMILES string of the molecule is CC(C)CCCC(C)NC(=O)CN(C)CCC#N. The second-order valence-corrected chi connectivity index (χ2v) is 5.44. The van der Waals surface area contributed by atoms with Crippen molar-refractivity contribution < 1.29 is 4.79 Å². The molecule has 0 saturated carbocycles. The van der Waals surface area contributed by atoms with E-state index in [-0.39, 0.29) is 11.9 Å². The van der Waals surface area contributed by atoms with Crippen molar-refractivity contribution in [2.75, 3.05) is 20.1 Å². The summed E-state index contributed by atoms with van der Waals surface area (Å²) in [6.45, 7) is 7.50. The van der Waals surface area contributed by atoms with Gasteiger partial charge in [0, 0.05) is 19.0 Å². The van der Waals surface area contributed by atoms with Crippen LogP contribution in [0.1, 0.15) is 46.5 Å². The molecule has 4 nitrogen and oxygen atoms in total. The summed E-state index contributed by atoms with van der Waals surface area (Å²) in [4.78, 5) is 13.6. The number of hydrogen-bond donors (Lipinski definition) is 1. The van der Waals surface area contributed by atoms with Crippen LogP contribution in [0.5, 0.6) is 0 Å². The maximum Gasteiger partial charge on any atom is 0.234 e. The molecule has 1 unspecified atom stereocenters. The van der Waals surface area contributed by atoms with Crippen molar-refractivity contribution in [3.05, 3.63) is 0 Å². The summed E-state index contributed by atoms with van der Waals surface area (Å²) in [6, 6.07) is 2.31. The van der Waals surface area contributed by atoms with Gasteiger partial charge in [0.2, 0.25) is 5.91 Å². The topological polar surface area (TPSA) is 56.1 Å². The van der Waals surface area contributed by atoms with Crippen molar-refractivity contribution in [3.8, 4) is 6.07 Å². The molecule has 1 atom stereocenters. The summed E-state index contributed by atoms with van der Waals surface area (Å²) < 4.78 is 0. The quantitative estimate of drug-likeness (QED) is 0.685. The van der Waals surface area contributed by atoms with E-state index in [2.05, 4.69) is 25.2 Å². The van der Waals surface area contributed by atoms with Crippen LogP contribution >= 0.6 is 0 Å². The normalized spacial score (nSPS) is 12.5. The fourth-order valence-corrected chi connectivity index (χ4v) is 1.79. The molecule has 0 spiro atoms.